The van der Waals surface area contributed by atoms with Crippen molar-refractivity contribution in [3.63, 3.8) is 0 Å². The van der Waals surface area contributed by atoms with Crippen LogP contribution in [-0.2, 0) is 0 Å². The summed E-state index contributed by atoms with van der Waals surface area (Å²) in [6.07, 6.45) is 1.54. The summed E-state index contributed by atoms with van der Waals surface area (Å²) >= 11 is 0. The van der Waals surface area contributed by atoms with Gasteiger partial charge in [0.15, 0.2) is 12.4 Å². The first-order valence-corrected chi connectivity index (χ1v) is 5.88. The number of aromatic nitrogens is 1. The number of carbonyl (C=O) groups is 2. The minimum atomic E-state index is -0.392. The van der Waals surface area contributed by atoms with Crippen molar-refractivity contribution < 1.29 is 14.4 Å². The highest BCUT2D eigenvalue weighted by molar-refractivity contribution is 6.21. The number of rotatable bonds is 3. The van der Waals surface area contributed by atoms with Crippen molar-refractivity contribution in [2.45, 2.75) is 0 Å². The molecule has 0 saturated heterocycles. The number of hydrogen-bond acceptors (Lipinski definition) is 4. The van der Waals surface area contributed by atoms with Crippen LogP contribution in [0.25, 0.3) is 0 Å². The Hall–Kier alpha value is -3.07. The van der Waals surface area contributed by atoms with Crippen molar-refractivity contribution >= 4 is 11.8 Å². The van der Waals surface area contributed by atoms with E-state index < -0.39 is 11.8 Å². The lowest BCUT2D eigenvalue weighted by molar-refractivity contribution is 0.0191. The highest BCUT2D eigenvalue weighted by Crippen LogP contribution is 2.21. The van der Waals surface area contributed by atoms with Crippen molar-refractivity contribution in [2.24, 2.45) is 0 Å². The van der Waals surface area contributed by atoms with Crippen molar-refractivity contribution in [3.05, 3.63) is 59.4 Å². The molecule has 0 fully saturated rings. The average Bonchev–Trinajstić information content (AvgIpc) is 3.02. The summed E-state index contributed by atoms with van der Waals surface area (Å²) in [6, 6.07) is 11.8. The van der Waals surface area contributed by atoms with E-state index in [0.29, 0.717) is 16.8 Å². The summed E-state index contributed by atoms with van der Waals surface area (Å²) in [5, 5.41) is 8.85. The zero-order valence-corrected chi connectivity index (χ0v) is 10.3. The molecule has 98 valence electrons. The molecule has 0 bridgehead atoms. The van der Waals surface area contributed by atoms with E-state index >= 15 is 0 Å². The second-order valence-electron chi connectivity index (χ2n) is 4.17. The van der Waals surface area contributed by atoms with Crippen LogP contribution >= 0.6 is 0 Å². The molecule has 2 aromatic rings. The molecule has 0 N–H and O–H groups in total. The van der Waals surface area contributed by atoms with Crippen LogP contribution < -0.4 is 4.84 Å². The molecule has 1 aliphatic heterocycles. The molecule has 0 radical (unpaired) electrons. The first-order chi connectivity index (χ1) is 9.72. The number of amides is 2. The van der Waals surface area contributed by atoms with E-state index in [-0.39, 0.29) is 6.73 Å². The van der Waals surface area contributed by atoms with Crippen LogP contribution in [0.2, 0.25) is 0 Å². The summed E-state index contributed by atoms with van der Waals surface area (Å²) in [7, 11) is 0. The van der Waals surface area contributed by atoms with E-state index in [9.17, 15) is 9.59 Å². The smallest absolute Gasteiger partial charge is 0.264 e. The number of imide groups is 1. The Morgan fingerprint density at radius 1 is 1.05 bits per heavy atom. The lowest BCUT2D eigenvalue weighted by Gasteiger charge is -2.15. The van der Waals surface area contributed by atoms with Crippen molar-refractivity contribution in [3.8, 4) is 6.07 Å². The molecule has 6 heteroatoms. The molecular weight excluding hydrogens is 258 g/mol. The third kappa shape index (κ3) is 1.73. The quantitative estimate of drug-likeness (QED) is 0.779. The maximum atomic E-state index is 12.1. The fraction of sp³-hybridized carbons (Fsp3) is 0.0714. The third-order valence-electron chi connectivity index (χ3n) is 3.03. The fourth-order valence-electron chi connectivity index (χ4n) is 2.04. The van der Waals surface area contributed by atoms with E-state index in [1.165, 1.54) is 10.9 Å². The molecule has 20 heavy (non-hydrogen) atoms. The summed E-state index contributed by atoms with van der Waals surface area (Å²) in [4.78, 5) is 30.5. The molecule has 2 amide bonds. The van der Waals surface area contributed by atoms with Gasteiger partial charge in [-0.25, -0.2) is 4.90 Å². The lowest BCUT2D eigenvalue weighted by Crippen LogP contribution is -2.36. The van der Waals surface area contributed by atoms with Gasteiger partial charge in [-0.05, 0) is 24.3 Å². The van der Waals surface area contributed by atoms with Crippen LogP contribution in [0.4, 0.5) is 0 Å². The molecule has 0 aliphatic carbocycles. The van der Waals surface area contributed by atoms with Crippen LogP contribution in [0.3, 0.4) is 0 Å². The first kappa shape index (κ1) is 12.0. The molecule has 0 atom stereocenters. The van der Waals surface area contributed by atoms with Crippen LogP contribution in [0.1, 0.15) is 26.4 Å². The Kier molecular flexibility index (Phi) is 2.73. The Morgan fingerprint density at radius 3 is 2.30 bits per heavy atom. The fourth-order valence-corrected chi connectivity index (χ4v) is 2.04. The summed E-state index contributed by atoms with van der Waals surface area (Å²) in [6.45, 7) is -0.240. The predicted molar refractivity (Wildman–Crippen MR) is 67.5 cm³/mol. The van der Waals surface area contributed by atoms with Gasteiger partial charge >= 0.3 is 0 Å². The first-order valence-electron chi connectivity index (χ1n) is 5.88. The monoisotopic (exact) mass is 267 g/mol. The minimum absolute atomic E-state index is 0.240. The average molecular weight is 267 g/mol. The minimum Gasteiger partial charge on any atom is -0.391 e. The second-order valence-corrected chi connectivity index (χ2v) is 4.17. The van der Waals surface area contributed by atoms with Crippen molar-refractivity contribution in [2.75, 3.05) is 6.73 Å². The van der Waals surface area contributed by atoms with Gasteiger partial charge in [0.25, 0.3) is 11.8 Å². The number of fused-ring (bicyclic) bond motifs is 1. The Morgan fingerprint density at radius 2 is 1.70 bits per heavy atom. The number of hydrogen-bond donors (Lipinski definition) is 0. The van der Waals surface area contributed by atoms with Crippen molar-refractivity contribution in [1.29, 1.82) is 5.26 Å². The highest BCUT2D eigenvalue weighted by atomic mass is 16.7. The van der Waals surface area contributed by atoms with Gasteiger partial charge in [-0.15, -0.1) is 0 Å². The standard InChI is InChI=1S/C14H9N3O3/c15-8-10-4-3-7-17(10)20-9-16-13(18)11-5-1-2-6-12(11)14(16)19/h1-7H,9H2. The molecule has 1 aromatic heterocycles. The van der Waals surface area contributed by atoms with Gasteiger partial charge in [0, 0.05) is 6.20 Å². The Bertz CT molecular complexity index is 707. The normalized spacial score (nSPS) is 13.2. The highest BCUT2D eigenvalue weighted by Gasteiger charge is 2.35. The van der Waals surface area contributed by atoms with E-state index in [1.54, 1.807) is 36.4 Å². The third-order valence-corrected chi connectivity index (χ3v) is 3.03. The van der Waals surface area contributed by atoms with Crippen LogP contribution in [0, 0.1) is 11.3 Å². The second kappa shape index (κ2) is 4.55. The maximum absolute atomic E-state index is 12.1. The Labute approximate surface area is 114 Å². The SMILES string of the molecule is N#Cc1cccn1OCN1C(=O)c2ccccc2C1=O. The zero-order valence-electron chi connectivity index (χ0n) is 10.3. The maximum Gasteiger partial charge on any atom is 0.264 e. The summed E-state index contributed by atoms with van der Waals surface area (Å²) < 4.78 is 1.23. The molecule has 1 aliphatic rings. The van der Waals surface area contributed by atoms with Gasteiger partial charge < -0.3 is 4.84 Å². The number of nitriles is 1. The molecule has 2 heterocycles. The van der Waals surface area contributed by atoms with Gasteiger partial charge in [0.2, 0.25) is 0 Å². The van der Waals surface area contributed by atoms with E-state index in [0.717, 1.165) is 4.90 Å². The van der Waals surface area contributed by atoms with Gasteiger partial charge in [-0.3, -0.25) is 9.59 Å². The number of benzene rings is 1. The summed E-state index contributed by atoms with van der Waals surface area (Å²) in [5.74, 6) is -0.785. The van der Waals surface area contributed by atoms with E-state index in [2.05, 4.69) is 0 Å². The molecule has 1 aromatic carbocycles. The molecule has 3 rings (SSSR count). The molecular formula is C14H9N3O3. The van der Waals surface area contributed by atoms with Crippen LogP contribution in [0.15, 0.2) is 42.6 Å². The van der Waals surface area contributed by atoms with Crippen LogP contribution in [-0.4, -0.2) is 28.2 Å². The number of carbonyl (C=O) groups excluding carboxylic acids is 2. The molecule has 0 spiro atoms. The van der Waals surface area contributed by atoms with Gasteiger partial charge in [0.1, 0.15) is 6.07 Å². The topological polar surface area (TPSA) is 75.3 Å². The number of nitrogens with zero attached hydrogens (tertiary/aromatic N) is 3. The predicted octanol–water partition coefficient (Wildman–Crippen LogP) is 1.04. The lowest BCUT2D eigenvalue weighted by atomic mass is 10.1. The molecule has 0 saturated carbocycles. The van der Waals surface area contributed by atoms with Crippen LogP contribution in [0.5, 0.6) is 0 Å². The van der Waals surface area contributed by atoms with Gasteiger partial charge in [0.05, 0.1) is 11.1 Å². The molecule has 0 unspecified atom stereocenters. The van der Waals surface area contributed by atoms with Gasteiger partial charge in [-0.1, -0.05) is 12.1 Å². The van der Waals surface area contributed by atoms with Crippen molar-refractivity contribution in [1.82, 2.24) is 9.63 Å². The van der Waals surface area contributed by atoms with E-state index in [1.807, 2.05) is 6.07 Å². The Balaban J connectivity index is 1.79. The van der Waals surface area contributed by atoms with Gasteiger partial charge in [-0.2, -0.15) is 9.99 Å². The zero-order chi connectivity index (χ0) is 14.1. The largest absolute Gasteiger partial charge is 0.391 e. The van der Waals surface area contributed by atoms with E-state index in [4.69, 9.17) is 10.1 Å². The molecule has 6 nitrogen and oxygen atoms in total. The summed E-state index contributed by atoms with van der Waals surface area (Å²) in [5.41, 5.74) is 1.03.